The SMILES string of the molecule is Cc1ccc(CNC(=O)c2nnc(-c3ccc(C)cc3)o2)cc1. The van der Waals surface area contributed by atoms with Crippen molar-refractivity contribution in [1.82, 2.24) is 15.5 Å². The van der Waals surface area contributed by atoms with Gasteiger partial charge in [-0.15, -0.1) is 10.2 Å². The summed E-state index contributed by atoms with van der Waals surface area (Å²) in [7, 11) is 0. The fraction of sp³-hybridized carbons (Fsp3) is 0.167. The maximum atomic E-state index is 12.1. The Morgan fingerprint density at radius 1 is 0.957 bits per heavy atom. The molecule has 0 aliphatic rings. The van der Waals surface area contributed by atoms with Gasteiger partial charge in [-0.05, 0) is 31.5 Å². The average Bonchev–Trinajstić information content (AvgIpc) is 3.05. The second-order valence-electron chi connectivity index (χ2n) is 5.45. The molecule has 23 heavy (non-hydrogen) atoms. The standard InChI is InChI=1S/C18H17N3O2/c1-12-3-7-14(8-4-12)11-19-16(22)18-21-20-17(23-18)15-9-5-13(2)6-10-15/h3-10H,11H2,1-2H3,(H,19,22). The van der Waals surface area contributed by atoms with Gasteiger partial charge in [-0.25, -0.2) is 0 Å². The number of nitrogens with zero attached hydrogens (tertiary/aromatic N) is 2. The Morgan fingerprint density at radius 2 is 1.57 bits per heavy atom. The van der Waals surface area contributed by atoms with Crippen LogP contribution < -0.4 is 5.32 Å². The maximum absolute atomic E-state index is 12.1. The van der Waals surface area contributed by atoms with E-state index < -0.39 is 0 Å². The minimum atomic E-state index is -0.378. The largest absolute Gasteiger partial charge is 0.412 e. The van der Waals surface area contributed by atoms with E-state index in [1.54, 1.807) is 0 Å². The van der Waals surface area contributed by atoms with Crippen LogP contribution in [0, 0.1) is 13.8 Å². The van der Waals surface area contributed by atoms with Crippen LogP contribution in [0.15, 0.2) is 52.9 Å². The molecule has 0 aliphatic heterocycles. The van der Waals surface area contributed by atoms with E-state index in [2.05, 4.69) is 15.5 Å². The monoisotopic (exact) mass is 307 g/mol. The number of aromatic nitrogens is 2. The van der Waals surface area contributed by atoms with Gasteiger partial charge in [0, 0.05) is 12.1 Å². The van der Waals surface area contributed by atoms with Gasteiger partial charge in [-0.3, -0.25) is 4.79 Å². The first-order chi connectivity index (χ1) is 11.1. The molecule has 1 heterocycles. The molecule has 5 nitrogen and oxygen atoms in total. The Bertz CT molecular complexity index is 805. The Morgan fingerprint density at radius 3 is 2.22 bits per heavy atom. The van der Waals surface area contributed by atoms with Crippen molar-refractivity contribution in [3.8, 4) is 11.5 Å². The summed E-state index contributed by atoms with van der Waals surface area (Å²) < 4.78 is 5.44. The van der Waals surface area contributed by atoms with E-state index in [0.717, 1.165) is 16.7 Å². The van der Waals surface area contributed by atoms with E-state index in [1.807, 2.05) is 62.4 Å². The number of amides is 1. The van der Waals surface area contributed by atoms with Crippen LogP contribution in [0.2, 0.25) is 0 Å². The number of nitrogens with one attached hydrogen (secondary N) is 1. The highest BCUT2D eigenvalue weighted by atomic mass is 16.4. The van der Waals surface area contributed by atoms with Gasteiger partial charge in [0.1, 0.15) is 0 Å². The van der Waals surface area contributed by atoms with E-state index in [9.17, 15) is 4.79 Å². The van der Waals surface area contributed by atoms with Crippen LogP contribution in [0.5, 0.6) is 0 Å². The topological polar surface area (TPSA) is 68.0 Å². The van der Waals surface area contributed by atoms with Crippen molar-refractivity contribution in [3.05, 3.63) is 71.1 Å². The molecule has 1 N–H and O–H groups in total. The van der Waals surface area contributed by atoms with Crippen LogP contribution in [0.3, 0.4) is 0 Å². The molecule has 5 heteroatoms. The number of carbonyl (C=O) groups excluding carboxylic acids is 1. The fourth-order valence-electron chi connectivity index (χ4n) is 2.09. The molecule has 116 valence electrons. The predicted octanol–water partition coefficient (Wildman–Crippen LogP) is 3.28. The van der Waals surface area contributed by atoms with Gasteiger partial charge in [-0.2, -0.15) is 0 Å². The van der Waals surface area contributed by atoms with Crippen molar-refractivity contribution >= 4 is 5.91 Å². The maximum Gasteiger partial charge on any atom is 0.309 e. The Kier molecular flexibility index (Phi) is 4.19. The first-order valence-corrected chi connectivity index (χ1v) is 7.36. The number of hydrogen-bond donors (Lipinski definition) is 1. The molecular weight excluding hydrogens is 290 g/mol. The zero-order valence-corrected chi connectivity index (χ0v) is 13.0. The summed E-state index contributed by atoms with van der Waals surface area (Å²) in [6, 6.07) is 15.6. The quantitative estimate of drug-likeness (QED) is 0.803. The lowest BCUT2D eigenvalue weighted by molar-refractivity contribution is 0.0917. The van der Waals surface area contributed by atoms with Gasteiger partial charge in [0.15, 0.2) is 0 Å². The summed E-state index contributed by atoms with van der Waals surface area (Å²) >= 11 is 0. The van der Waals surface area contributed by atoms with E-state index in [1.165, 1.54) is 5.56 Å². The van der Waals surface area contributed by atoms with Crippen molar-refractivity contribution in [2.24, 2.45) is 0 Å². The van der Waals surface area contributed by atoms with E-state index in [0.29, 0.717) is 12.4 Å². The molecule has 1 amide bonds. The van der Waals surface area contributed by atoms with Gasteiger partial charge in [0.05, 0.1) is 0 Å². The van der Waals surface area contributed by atoms with Crippen LogP contribution in [0.25, 0.3) is 11.5 Å². The van der Waals surface area contributed by atoms with E-state index in [4.69, 9.17) is 4.42 Å². The molecule has 3 rings (SSSR count). The minimum absolute atomic E-state index is 0.0345. The summed E-state index contributed by atoms with van der Waals surface area (Å²) in [6.07, 6.45) is 0. The van der Waals surface area contributed by atoms with Gasteiger partial charge in [0.2, 0.25) is 5.89 Å². The fourth-order valence-corrected chi connectivity index (χ4v) is 2.09. The first-order valence-electron chi connectivity index (χ1n) is 7.36. The van der Waals surface area contributed by atoms with Crippen molar-refractivity contribution < 1.29 is 9.21 Å². The molecule has 0 saturated carbocycles. The Labute approximate surface area is 134 Å². The zero-order chi connectivity index (χ0) is 16.2. The molecule has 0 bridgehead atoms. The molecule has 0 radical (unpaired) electrons. The number of carbonyl (C=O) groups is 1. The molecule has 2 aromatic carbocycles. The lowest BCUT2D eigenvalue weighted by atomic mass is 10.1. The first kappa shape index (κ1) is 15.0. The normalized spacial score (nSPS) is 10.5. The molecule has 0 unspecified atom stereocenters. The number of aryl methyl sites for hydroxylation is 2. The van der Waals surface area contributed by atoms with Crippen molar-refractivity contribution in [3.63, 3.8) is 0 Å². The lowest BCUT2D eigenvalue weighted by Gasteiger charge is -2.03. The van der Waals surface area contributed by atoms with Crippen molar-refractivity contribution in [2.75, 3.05) is 0 Å². The van der Waals surface area contributed by atoms with Crippen LogP contribution >= 0.6 is 0 Å². The highest BCUT2D eigenvalue weighted by molar-refractivity contribution is 5.89. The van der Waals surface area contributed by atoms with E-state index >= 15 is 0 Å². The highest BCUT2D eigenvalue weighted by Crippen LogP contribution is 2.18. The van der Waals surface area contributed by atoms with Crippen LogP contribution in [0.4, 0.5) is 0 Å². The van der Waals surface area contributed by atoms with E-state index in [-0.39, 0.29) is 11.8 Å². The van der Waals surface area contributed by atoms with Gasteiger partial charge < -0.3 is 9.73 Å². The average molecular weight is 307 g/mol. The summed E-state index contributed by atoms with van der Waals surface area (Å²) in [5, 5.41) is 10.5. The third-order valence-electron chi connectivity index (χ3n) is 3.49. The zero-order valence-electron chi connectivity index (χ0n) is 13.0. The molecule has 0 atom stereocenters. The van der Waals surface area contributed by atoms with Crippen molar-refractivity contribution in [2.45, 2.75) is 20.4 Å². The predicted molar refractivity (Wildman–Crippen MR) is 86.8 cm³/mol. The van der Waals surface area contributed by atoms with Gasteiger partial charge in [-0.1, -0.05) is 47.5 Å². The summed E-state index contributed by atoms with van der Waals surface area (Å²) in [5.41, 5.74) is 4.13. The Balaban J connectivity index is 1.66. The third kappa shape index (κ3) is 3.63. The van der Waals surface area contributed by atoms with Crippen LogP contribution in [-0.2, 0) is 6.54 Å². The summed E-state index contributed by atoms with van der Waals surface area (Å²) in [4.78, 5) is 12.1. The van der Waals surface area contributed by atoms with Gasteiger partial charge in [0.25, 0.3) is 0 Å². The molecule has 0 fully saturated rings. The number of benzene rings is 2. The molecule has 3 aromatic rings. The molecule has 0 aliphatic carbocycles. The third-order valence-corrected chi connectivity index (χ3v) is 3.49. The second kappa shape index (κ2) is 6.44. The summed E-state index contributed by atoms with van der Waals surface area (Å²) in [6.45, 7) is 4.44. The van der Waals surface area contributed by atoms with Crippen molar-refractivity contribution in [1.29, 1.82) is 0 Å². The van der Waals surface area contributed by atoms with Gasteiger partial charge >= 0.3 is 11.8 Å². The smallest absolute Gasteiger partial charge is 0.309 e. The highest BCUT2D eigenvalue weighted by Gasteiger charge is 2.15. The molecule has 0 saturated heterocycles. The number of hydrogen-bond acceptors (Lipinski definition) is 4. The number of rotatable bonds is 4. The summed E-state index contributed by atoms with van der Waals surface area (Å²) in [5.74, 6) is -0.0744. The minimum Gasteiger partial charge on any atom is -0.412 e. The van der Waals surface area contributed by atoms with Crippen LogP contribution in [0.1, 0.15) is 27.4 Å². The molecule has 0 spiro atoms. The molecule has 1 aromatic heterocycles. The Hall–Kier alpha value is -2.95. The lowest BCUT2D eigenvalue weighted by Crippen LogP contribution is -2.23. The second-order valence-corrected chi connectivity index (χ2v) is 5.45. The van der Waals surface area contributed by atoms with Crippen LogP contribution in [-0.4, -0.2) is 16.1 Å². The molecular formula is C18H17N3O2.